The van der Waals surface area contributed by atoms with Gasteiger partial charge < -0.3 is 19.7 Å². The number of aromatic nitrogens is 1. The van der Waals surface area contributed by atoms with Gasteiger partial charge in [0.25, 0.3) is 0 Å². The van der Waals surface area contributed by atoms with Crippen molar-refractivity contribution >= 4 is 29.9 Å². The van der Waals surface area contributed by atoms with E-state index in [9.17, 15) is 0 Å². The number of guanidine groups is 1. The van der Waals surface area contributed by atoms with E-state index in [-0.39, 0.29) is 24.0 Å². The minimum atomic E-state index is 0. The van der Waals surface area contributed by atoms with Crippen molar-refractivity contribution < 1.29 is 0 Å². The van der Waals surface area contributed by atoms with Crippen LogP contribution in [0.15, 0.2) is 53.7 Å². The lowest BCUT2D eigenvalue weighted by Gasteiger charge is -2.24. The van der Waals surface area contributed by atoms with Crippen molar-refractivity contribution in [1.29, 1.82) is 0 Å². The predicted octanol–water partition coefficient (Wildman–Crippen LogP) is 2.78. The molecule has 0 aliphatic carbocycles. The van der Waals surface area contributed by atoms with Crippen molar-refractivity contribution in [3.8, 4) is 0 Å². The summed E-state index contributed by atoms with van der Waals surface area (Å²) in [5.74, 6) is 0.921. The predicted molar refractivity (Wildman–Crippen MR) is 116 cm³/mol. The minimum Gasteiger partial charge on any atom is -0.355 e. The molecule has 1 heterocycles. The van der Waals surface area contributed by atoms with E-state index in [2.05, 4.69) is 94.5 Å². The first-order valence-corrected chi connectivity index (χ1v) is 8.34. The molecule has 0 unspecified atom stereocenters. The second-order valence-corrected chi connectivity index (χ2v) is 6.16. The third-order valence-electron chi connectivity index (χ3n) is 4.10. The van der Waals surface area contributed by atoms with Crippen molar-refractivity contribution in [3.05, 3.63) is 59.9 Å². The van der Waals surface area contributed by atoms with Gasteiger partial charge in [0.15, 0.2) is 5.96 Å². The number of nitrogens with one attached hydrogen (secondary N) is 1. The topological polar surface area (TPSA) is 35.8 Å². The highest BCUT2D eigenvalue weighted by atomic mass is 127. The molecule has 0 aliphatic rings. The Kier molecular flexibility index (Phi) is 9.59. The lowest BCUT2D eigenvalue weighted by Crippen LogP contribution is -2.41. The van der Waals surface area contributed by atoms with Crippen LogP contribution in [-0.2, 0) is 20.1 Å². The zero-order valence-electron chi connectivity index (χ0n) is 15.6. The highest BCUT2D eigenvalue weighted by Crippen LogP contribution is 2.04. The number of rotatable bonds is 7. The van der Waals surface area contributed by atoms with E-state index in [0.717, 1.165) is 32.1 Å². The SMILES string of the molecule is CN=C(NCCN(C)Cc1ccccc1)N(C)Cc1cccn1C.I. The van der Waals surface area contributed by atoms with Crippen LogP contribution in [0.3, 0.4) is 0 Å². The molecule has 0 saturated carbocycles. The molecule has 2 rings (SSSR count). The van der Waals surface area contributed by atoms with Crippen LogP contribution in [0.4, 0.5) is 0 Å². The van der Waals surface area contributed by atoms with E-state index in [0.29, 0.717) is 0 Å². The molecular weight excluding hydrogens is 425 g/mol. The molecule has 0 bridgehead atoms. The summed E-state index contributed by atoms with van der Waals surface area (Å²) in [5.41, 5.74) is 2.60. The average molecular weight is 455 g/mol. The fourth-order valence-electron chi connectivity index (χ4n) is 2.70. The summed E-state index contributed by atoms with van der Waals surface area (Å²) in [5, 5.41) is 3.44. The molecule has 0 aliphatic heterocycles. The van der Waals surface area contributed by atoms with Crippen molar-refractivity contribution in [2.45, 2.75) is 13.1 Å². The van der Waals surface area contributed by atoms with Gasteiger partial charge in [0.1, 0.15) is 0 Å². The van der Waals surface area contributed by atoms with E-state index in [4.69, 9.17) is 0 Å². The maximum atomic E-state index is 4.38. The normalized spacial score (nSPS) is 11.3. The van der Waals surface area contributed by atoms with Crippen LogP contribution < -0.4 is 5.32 Å². The summed E-state index contributed by atoms with van der Waals surface area (Å²) in [6.07, 6.45) is 2.07. The van der Waals surface area contributed by atoms with Gasteiger partial charge in [0, 0.05) is 52.7 Å². The number of aryl methyl sites for hydroxylation is 1. The monoisotopic (exact) mass is 455 g/mol. The molecule has 0 saturated heterocycles. The second kappa shape index (κ2) is 11.1. The van der Waals surface area contributed by atoms with Crippen LogP contribution in [0.25, 0.3) is 0 Å². The van der Waals surface area contributed by atoms with Gasteiger partial charge in [-0.15, -0.1) is 24.0 Å². The van der Waals surface area contributed by atoms with Crippen LogP contribution in [0.1, 0.15) is 11.3 Å². The van der Waals surface area contributed by atoms with E-state index in [1.807, 2.05) is 7.05 Å². The number of likely N-dealkylation sites (N-methyl/N-ethyl adjacent to an activating group) is 1. The first-order chi connectivity index (χ1) is 11.6. The fourth-order valence-corrected chi connectivity index (χ4v) is 2.70. The van der Waals surface area contributed by atoms with E-state index in [1.54, 1.807) is 0 Å². The highest BCUT2D eigenvalue weighted by molar-refractivity contribution is 14.0. The Labute approximate surface area is 168 Å². The summed E-state index contributed by atoms with van der Waals surface area (Å²) in [6.45, 7) is 3.63. The Balaban J connectivity index is 0.00000312. The van der Waals surface area contributed by atoms with Crippen LogP contribution >= 0.6 is 24.0 Å². The summed E-state index contributed by atoms with van der Waals surface area (Å²) in [7, 11) is 8.11. The van der Waals surface area contributed by atoms with Crippen molar-refractivity contribution in [3.63, 3.8) is 0 Å². The number of nitrogens with zero attached hydrogens (tertiary/aromatic N) is 4. The van der Waals surface area contributed by atoms with Crippen LogP contribution in [0.5, 0.6) is 0 Å². The Morgan fingerprint density at radius 2 is 1.80 bits per heavy atom. The molecule has 25 heavy (non-hydrogen) atoms. The molecule has 0 amide bonds. The summed E-state index contributed by atoms with van der Waals surface area (Å²) >= 11 is 0. The Morgan fingerprint density at radius 1 is 1.08 bits per heavy atom. The van der Waals surface area contributed by atoms with E-state index in [1.165, 1.54) is 11.3 Å². The third-order valence-corrected chi connectivity index (χ3v) is 4.10. The van der Waals surface area contributed by atoms with Crippen molar-refractivity contribution in [2.24, 2.45) is 12.0 Å². The molecule has 6 heteroatoms. The van der Waals surface area contributed by atoms with Gasteiger partial charge in [-0.05, 0) is 24.7 Å². The molecule has 0 radical (unpaired) electrons. The molecule has 138 valence electrons. The zero-order valence-corrected chi connectivity index (χ0v) is 18.0. The number of halogens is 1. The molecular formula is C19H30IN5. The molecule has 1 aromatic heterocycles. The largest absolute Gasteiger partial charge is 0.355 e. The van der Waals surface area contributed by atoms with E-state index >= 15 is 0 Å². The lowest BCUT2D eigenvalue weighted by atomic mass is 10.2. The fraction of sp³-hybridized carbons (Fsp3) is 0.421. The Morgan fingerprint density at radius 3 is 2.40 bits per heavy atom. The van der Waals surface area contributed by atoms with Gasteiger partial charge in [-0.25, -0.2) is 0 Å². The van der Waals surface area contributed by atoms with Crippen molar-refractivity contribution in [2.75, 3.05) is 34.2 Å². The number of benzene rings is 1. The smallest absolute Gasteiger partial charge is 0.193 e. The van der Waals surface area contributed by atoms with Gasteiger partial charge in [-0.1, -0.05) is 30.3 Å². The van der Waals surface area contributed by atoms with Gasteiger partial charge in [0.2, 0.25) is 0 Å². The van der Waals surface area contributed by atoms with Gasteiger partial charge >= 0.3 is 0 Å². The summed E-state index contributed by atoms with van der Waals surface area (Å²) < 4.78 is 2.14. The molecule has 0 spiro atoms. The van der Waals surface area contributed by atoms with Gasteiger partial charge in [-0.2, -0.15) is 0 Å². The standard InChI is InChI=1S/C19H29N5.HI/c1-20-19(24(4)16-18-11-8-13-23(18)3)21-12-14-22(2)15-17-9-6-5-7-10-17;/h5-11,13H,12,14-16H2,1-4H3,(H,20,21);1H. The summed E-state index contributed by atoms with van der Waals surface area (Å²) in [4.78, 5) is 8.84. The first-order valence-electron chi connectivity index (χ1n) is 8.34. The number of hydrogen-bond acceptors (Lipinski definition) is 2. The lowest BCUT2D eigenvalue weighted by molar-refractivity contribution is 0.328. The molecule has 5 nitrogen and oxygen atoms in total. The third kappa shape index (κ3) is 7.07. The molecule has 0 atom stereocenters. The van der Waals surface area contributed by atoms with Crippen LogP contribution in [-0.4, -0.2) is 54.6 Å². The Bertz CT molecular complexity index is 638. The molecule has 1 N–H and O–H groups in total. The average Bonchev–Trinajstić information content (AvgIpc) is 2.97. The summed E-state index contributed by atoms with van der Waals surface area (Å²) in [6, 6.07) is 14.8. The van der Waals surface area contributed by atoms with Gasteiger partial charge in [-0.3, -0.25) is 4.99 Å². The Hall–Kier alpha value is -1.54. The first kappa shape index (κ1) is 21.5. The number of aliphatic imine (C=N–C) groups is 1. The molecule has 1 aromatic carbocycles. The molecule has 0 fully saturated rings. The molecule has 2 aromatic rings. The van der Waals surface area contributed by atoms with E-state index < -0.39 is 0 Å². The highest BCUT2D eigenvalue weighted by Gasteiger charge is 2.08. The van der Waals surface area contributed by atoms with Crippen molar-refractivity contribution in [1.82, 2.24) is 19.7 Å². The number of hydrogen-bond donors (Lipinski definition) is 1. The van der Waals surface area contributed by atoms with Gasteiger partial charge in [0.05, 0.1) is 6.54 Å². The second-order valence-electron chi connectivity index (χ2n) is 6.16. The van der Waals surface area contributed by atoms with Crippen LogP contribution in [0.2, 0.25) is 0 Å². The quantitative estimate of drug-likeness (QED) is 0.396. The minimum absolute atomic E-state index is 0. The maximum Gasteiger partial charge on any atom is 0.193 e. The zero-order chi connectivity index (χ0) is 17.4. The maximum absolute atomic E-state index is 4.38. The van der Waals surface area contributed by atoms with Crippen LogP contribution in [0, 0.1) is 0 Å².